The van der Waals surface area contributed by atoms with Gasteiger partial charge in [-0.15, -0.1) is 17.7 Å². The van der Waals surface area contributed by atoms with Crippen molar-refractivity contribution in [2.45, 2.75) is 0 Å². The smallest absolute Gasteiger partial charge is 0.366 e. The van der Waals surface area contributed by atoms with Crippen LogP contribution in [0.4, 0.5) is 0 Å². The van der Waals surface area contributed by atoms with Crippen LogP contribution in [0.1, 0.15) is 5.56 Å². The van der Waals surface area contributed by atoms with E-state index < -0.39 is 7.92 Å². The maximum absolute atomic E-state index is 6.69. The monoisotopic (exact) mass is 785 g/mol. The fourth-order valence-corrected chi connectivity index (χ4v) is 7.91. The second kappa shape index (κ2) is 29.4. The molecule has 0 spiro atoms. The first-order chi connectivity index (χ1) is 24.8. The zero-order valence-electron chi connectivity index (χ0n) is 28.9. The summed E-state index contributed by atoms with van der Waals surface area (Å²) < 4.78 is 0. The Bertz CT molecular complexity index is 1550. The second-order valence-corrected chi connectivity index (χ2v) is 14.2. The minimum Gasteiger partial charge on any atom is -0.366 e. The van der Waals surface area contributed by atoms with Crippen LogP contribution in [0.2, 0.25) is 0 Å². The van der Waals surface area contributed by atoms with Gasteiger partial charge in [0.25, 0.3) is 0 Å². The summed E-state index contributed by atoms with van der Waals surface area (Å²) in [7, 11) is 0.331. The molecule has 52 heavy (non-hydrogen) atoms. The molecular formula is C48H41NiP2Ti+2. The van der Waals surface area contributed by atoms with E-state index in [0.29, 0.717) is 0 Å². The van der Waals surface area contributed by atoms with Crippen LogP contribution >= 0.6 is 16.5 Å². The van der Waals surface area contributed by atoms with E-state index in [1.807, 2.05) is 94.5 Å². The van der Waals surface area contributed by atoms with Gasteiger partial charge in [0.15, 0.2) is 0 Å². The van der Waals surface area contributed by atoms with Gasteiger partial charge in [0.1, 0.15) is 0 Å². The van der Waals surface area contributed by atoms with E-state index in [2.05, 4.69) is 158 Å². The average Bonchev–Trinajstić information content (AvgIpc) is 3.99. The van der Waals surface area contributed by atoms with Crippen molar-refractivity contribution in [2.24, 2.45) is 0 Å². The predicted octanol–water partition coefficient (Wildman–Crippen LogP) is 9.42. The molecule has 11 radical (unpaired) electrons. The molecule has 2 aliphatic rings. The molecule has 0 atom stereocenters. The summed E-state index contributed by atoms with van der Waals surface area (Å²) >= 11 is 0. The Morgan fingerprint density at radius 2 is 0.577 bits per heavy atom. The molecule has 4 heteroatoms. The van der Waals surface area contributed by atoms with E-state index in [9.17, 15) is 0 Å². The summed E-state index contributed by atoms with van der Waals surface area (Å²) in [6, 6.07) is 62.8. The van der Waals surface area contributed by atoms with Gasteiger partial charge >= 0.3 is 21.7 Å². The van der Waals surface area contributed by atoms with Gasteiger partial charge in [-0.2, -0.15) is 0 Å². The van der Waals surface area contributed by atoms with Crippen molar-refractivity contribution >= 4 is 43.0 Å². The molecule has 0 amide bonds. The van der Waals surface area contributed by atoms with E-state index in [-0.39, 0.29) is 38.2 Å². The van der Waals surface area contributed by atoms with E-state index >= 15 is 0 Å². The zero-order chi connectivity index (χ0) is 34.7. The summed E-state index contributed by atoms with van der Waals surface area (Å²) in [4.78, 5) is 0. The summed E-state index contributed by atoms with van der Waals surface area (Å²) in [5, 5.41) is 6.99. The minimum absolute atomic E-state index is 0. The van der Waals surface area contributed by atoms with E-state index in [1.165, 1.54) is 26.5 Å². The molecule has 2 fully saturated rings. The largest absolute Gasteiger partial charge is 3.00 e. The van der Waals surface area contributed by atoms with Crippen molar-refractivity contribution in [3.05, 3.63) is 258 Å². The Kier molecular flexibility index (Phi) is 25.5. The van der Waals surface area contributed by atoms with Crippen LogP contribution in [0, 0.1) is 76.6 Å². The molecule has 0 bridgehead atoms. The van der Waals surface area contributed by atoms with E-state index in [1.54, 1.807) is 0 Å². The van der Waals surface area contributed by atoms with Crippen molar-refractivity contribution in [3.8, 4) is 5.92 Å². The molecular weight excluding hydrogens is 745 g/mol. The minimum atomic E-state index is -0.446. The van der Waals surface area contributed by atoms with Crippen LogP contribution in [0.15, 0.2) is 182 Å². The maximum atomic E-state index is 6.69. The molecule has 8 rings (SSSR count). The van der Waals surface area contributed by atoms with Crippen molar-refractivity contribution < 1.29 is 38.2 Å². The zero-order valence-corrected chi connectivity index (χ0v) is 33.3. The standard InChI is InChI=1S/C18H15P.C12H11P.C8H5.2C5H5.Ni.Ti/c1-4-10-16(11-5-1)19(17-12-6-2-7-13-17)18-14-8-3-9-15-18;1-3-7-11(8-4-1)13-12-9-5-2-6-10-12;1-2-8-6-4-3-5-7-8;2*1-2-4-5-3-1;;/h1-15H;1-10,13H;3-7H;2*1-5H;;/q;;-1;;;;+3. The molecule has 6 aromatic carbocycles. The first-order valence-electron chi connectivity index (χ1n) is 16.5. The molecule has 0 aromatic heterocycles. The third kappa shape index (κ3) is 18.6. The number of hydrogen-bond acceptors (Lipinski definition) is 0. The average molecular weight is 786 g/mol. The molecule has 255 valence electrons. The number of hydrogen-bond donors (Lipinski definition) is 0. The van der Waals surface area contributed by atoms with Gasteiger partial charge in [0.05, 0.1) is 0 Å². The van der Waals surface area contributed by atoms with Crippen LogP contribution in [-0.2, 0) is 38.2 Å². The van der Waals surface area contributed by atoms with Gasteiger partial charge in [0, 0.05) is 16.5 Å². The topological polar surface area (TPSA) is 0 Å². The van der Waals surface area contributed by atoms with Gasteiger partial charge in [-0.25, -0.2) is 0 Å². The van der Waals surface area contributed by atoms with Gasteiger partial charge in [-0.3, -0.25) is 5.92 Å². The molecule has 0 nitrogen and oxygen atoms in total. The SMILES string of the molecule is [C-]#Cc1ccccc1.[CH]1[CH][CH][CH][CH]1.[CH]1[CH][CH][CH][CH]1.[Ni].[Ti+3].c1ccc(P(c2ccccc2)c2ccccc2)cc1.c1ccc(Pc2ccccc2)cc1. The van der Waals surface area contributed by atoms with Crippen molar-refractivity contribution in [3.63, 3.8) is 0 Å². The molecule has 0 aliphatic heterocycles. The van der Waals surface area contributed by atoms with Crippen molar-refractivity contribution in [2.75, 3.05) is 0 Å². The Morgan fingerprint density at radius 3 is 0.808 bits per heavy atom. The van der Waals surface area contributed by atoms with E-state index in [0.717, 1.165) is 14.1 Å². The van der Waals surface area contributed by atoms with Crippen LogP contribution in [0.5, 0.6) is 0 Å². The maximum Gasteiger partial charge on any atom is 3.00 e. The Labute approximate surface area is 343 Å². The first-order valence-corrected chi connectivity index (χ1v) is 18.8. The molecule has 0 unspecified atom stereocenters. The summed E-state index contributed by atoms with van der Waals surface area (Å²) in [5.41, 5.74) is 0.826. The fourth-order valence-electron chi connectivity index (χ4n) is 4.55. The number of rotatable bonds is 5. The van der Waals surface area contributed by atoms with Gasteiger partial charge in [-0.05, 0) is 98.7 Å². The van der Waals surface area contributed by atoms with Crippen LogP contribution in [0.25, 0.3) is 0 Å². The number of benzene rings is 6. The quantitative estimate of drug-likeness (QED) is 0.0708. The van der Waals surface area contributed by atoms with Gasteiger partial charge in [-0.1, -0.05) is 178 Å². The van der Waals surface area contributed by atoms with E-state index in [4.69, 9.17) is 6.42 Å². The van der Waals surface area contributed by atoms with Crippen LogP contribution < -0.4 is 26.5 Å². The predicted molar refractivity (Wildman–Crippen MR) is 221 cm³/mol. The van der Waals surface area contributed by atoms with Crippen molar-refractivity contribution in [1.29, 1.82) is 0 Å². The fraction of sp³-hybridized carbons (Fsp3) is 0. The third-order valence-electron chi connectivity index (χ3n) is 6.91. The summed E-state index contributed by atoms with van der Waals surface area (Å²) in [6.07, 6.45) is 26.7. The third-order valence-corrected chi connectivity index (χ3v) is 10.6. The summed E-state index contributed by atoms with van der Waals surface area (Å²) in [6.45, 7) is 0. The molecule has 2 saturated carbocycles. The van der Waals surface area contributed by atoms with Gasteiger partial charge in [0.2, 0.25) is 0 Å². The second-order valence-electron chi connectivity index (χ2n) is 10.6. The molecule has 6 aromatic rings. The van der Waals surface area contributed by atoms with Crippen LogP contribution in [-0.4, -0.2) is 0 Å². The Balaban J connectivity index is 0.000000246. The first kappa shape index (κ1) is 45.1. The molecule has 0 saturated heterocycles. The van der Waals surface area contributed by atoms with Gasteiger partial charge < -0.3 is 6.42 Å². The Hall–Kier alpha value is -3.05. The normalized spacial score (nSPS) is 12.2. The molecule has 0 N–H and O–H groups in total. The molecule has 0 heterocycles. The van der Waals surface area contributed by atoms with Crippen molar-refractivity contribution in [1.82, 2.24) is 0 Å². The molecule has 2 aliphatic carbocycles. The van der Waals surface area contributed by atoms with Crippen LogP contribution in [0.3, 0.4) is 0 Å². The Morgan fingerprint density at radius 1 is 0.346 bits per heavy atom. The summed E-state index contributed by atoms with van der Waals surface area (Å²) in [5.74, 6) is 2.28.